The molecule has 8 heteroatoms. The molecule has 0 unspecified atom stereocenters. The maximum absolute atomic E-state index is 14.4. The normalized spacial score (nSPS) is 21.9. The number of amides is 2. The number of benzene rings is 3. The lowest BCUT2D eigenvalue weighted by molar-refractivity contribution is -0.160. The molecule has 3 aromatic carbocycles. The van der Waals surface area contributed by atoms with Gasteiger partial charge in [-0.1, -0.05) is 48.5 Å². The van der Waals surface area contributed by atoms with E-state index in [0.717, 1.165) is 16.0 Å². The molecule has 0 bridgehead atoms. The van der Waals surface area contributed by atoms with Gasteiger partial charge in [-0.15, -0.1) is 0 Å². The van der Waals surface area contributed by atoms with E-state index in [1.807, 2.05) is 43.3 Å². The lowest BCUT2D eigenvalue weighted by atomic mass is 9.91. The van der Waals surface area contributed by atoms with Crippen LogP contribution in [0.4, 0.5) is 10.1 Å². The number of fused-ring (bicyclic) bond motifs is 1. The number of ether oxygens (including phenoxy) is 2. The minimum atomic E-state index is -1.03. The molecule has 2 aliphatic heterocycles. The second kappa shape index (κ2) is 9.48. The van der Waals surface area contributed by atoms with Crippen molar-refractivity contribution in [1.29, 1.82) is 0 Å². The Balaban J connectivity index is 1.44. The maximum Gasteiger partial charge on any atom is 0.266 e. The van der Waals surface area contributed by atoms with Gasteiger partial charge in [-0.25, -0.2) is 9.29 Å². The van der Waals surface area contributed by atoms with Crippen molar-refractivity contribution in [3.8, 4) is 11.5 Å². The summed E-state index contributed by atoms with van der Waals surface area (Å²) in [6.07, 6.45) is -1.03. The number of halogens is 1. The summed E-state index contributed by atoms with van der Waals surface area (Å²) in [5.74, 6) is -1.44. The first-order chi connectivity index (χ1) is 17.0. The standard InChI is InChI=1S/C27H25FN2O5/c1-3-33-22-15-18(13-14-21(22)34-16-17-9-5-4-6-10-17)24-23-25(35-29(24)2)27(32)30(26(23)31)20-12-8-7-11-19(20)28/h4-15,23-25H,3,16H2,1-2H3/t23-,24+,25+/m0/s1. The van der Waals surface area contributed by atoms with E-state index >= 15 is 0 Å². The molecule has 3 aromatic rings. The Kier molecular flexibility index (Phi) is 6.23. The summed E-state index contributed by atoms with van der Waals surface area (Å²) >= 11 is 0. The zero-order valence-electron chi connectivity index (χ0n) is 19.4. The van der Waals surface area contributed by atoms with Gasteiger partial charge in [0, 0.05) is 7.05 Å². The van der Waals surface area contributed by atoms with E-state index in [4.69, 9.17) is 14.3 Å². The topological polar surface area (TPSA) is 68.3 Å². The number of anilines is 1. The number of rotatable bonds is 7. The van der Waals surface area contributed by atoms with E-state index in [1.165, 1.54) is 23.3 Å². The van der Waals surface area contributed by atoms with Gasteiger partial charge in [-0.2, -0.15) is 5.06 Å². The molecule has 2 saturated heterocycles. The fraction of sp³-hybridized carbons (Fsp3) is 0.259. The Morgan fingerprint density at radius 1 is 0.914 bits per heavy atom. The average molecular weight is 477 g/mol. The highest BCUT2D eigenvalue weighted by atomic mass is 19.1. The van der Waals surface area contributed by atoms with Crippen molar-refractivity contribution in [2.45, 2.75) is 25.7 Å². The first-order valence-electron chi connectivity index (χ1n) is 11.4. The molecule has 0 aliphatic carbocycles. The van der Waals surface area contributed by atoms with Crippen LogP contribution in [-0.4, -0.2) is 36.6 Å². The molecule has 5 rings (SSSR count). The Bertz CT molecular complexity index is 1250. The second-order valence-corrected chi connectivity index (χ2v) is 8.42. The second-order valence-electron chi connectivity index (χ2n) is 8.42. The summed E-state index contributed by atoms with van der Waals surface area (Å²) in [6, 6.07) is 20.4. The highest BCUT2D eigenvalue weighted by Gasteiger charge is 2.59. The molecular weight excluding hydrogens is 451 g/mol. The number of nitrogens with zero attached hydrogens (tertiary/aromatic N) is 2. The Morgan fingerprint density at radius 2 is 1.66 bits per heavy atom. The third-order valence-corrected chi connectivity index (χ3v) is 6.25. The number of imide groups is 1. The van der Waals surface area contributed by atoms with Crippen LogP contribution < -0.4 is 14.4 Å². The molecule has 2 amide bonds. The minimum Gasteiger partial charge on any atom is -0.490 e. The van der Waals surface area contributed by atoms with Crippen LogP contribution in [0.3, 0.4) is 0 Å². The lowest BCUT2D eigenvalue weighted by Gasteiger charge is -2.25. The van der Waals surface area contributed by atoms with Gasteiger partial charge < -0.3 is 9.47 Å². The van der Waals surface area contributed by atoms with Gasteiger partial charge in [0.25, 0.3) is 5.91 Å². The molecule has 2 aliphatic rings. The van der Waals surface area contributed by atoms with Crippen LogP contribution in [0.25, 0.3) is 0 Å². The fourth-order valence-electron chi connectivity index (χ4n) is 4.67. The zero-order chi connectivity index (χ0) is 24.5. The molecule has 0 saturated carbocycles. The van der Waals surface area contributed by atoms with Gasteiger partial charge in [0.15, 0.2) is 17.6 Å². The van der Waals surface area contributed by atoms with E-state index in [0.29, 0.717) is 24.7 Å². The summed E-state index contributed by atoms with van der Waals surface area (Å²) < 4.78 is 26.2. The molecule has 0 radical (unpaired) electrons. The van der Waals surface area contributed by atoms with Gasteiger partial charge in [0.2, 0.25) is 5.91 Å². The Morgan fingerprint density at radius 3 is 2.40 bits per heavy atom. The minimum absolute atomic E-state index is 0.0680. The van der Waals surface area contributed by atoms with Crippen LogP contribution in [0, 0.1) is 11.7 Å². The quantitative estimate of drug-likeness (QED) is 0.474. The zero-order valence-corrected chi connectivity index (χ0v) is 19.4. The van der Waals surface area contributed by atoms with Crippen LogP contribution in [0.1, 0.15) is 24.1 Å². The highest BCUT2D eigenvalue weighted by molar-refractivity contribution is 6.23. The van der Waals surface area contributed by atoms with Crippen molar-refractivity contribution < 1.29 is 28.3 Å². The Hall–Kier alpha value is -3.75. The average Bonchev–Trinajstić information content (AvgIpc) is 3.32. The third kappa shape index (κ3) is 4.15. The summed E-state index contributed by atoms with van der Waals surface area (Å²) in [4.78, 5) is 33.1. The van der Waals surface area contributed by atoms with Gasteiger partial charge in [-0.3, -0.25) is 14.4 Å². The van der Waals surface area contributed by atoms with Crippen LogP contribution >= 0.6 is 0 Å². The van der Waals surface area contributed by atoms with Crippen molar-refractivity contribution in [2.24, 2.45) is 5.92 Å². The number of para-hydroxylation sites is 1. The Labute approximate surface area is 202 Å². The summed E-state index contributed by atoms with van der Waals surface area (Å²) in [5.41, 5.74) is 1.68. The van der Waals surface area contributed by atoms with Gasteiger partial charge in [0.05, 0.1) is 24.3 Å². The molecule has 35 heavy (non-hydrogen) atoms. The van der Waals surface area contributed by atoms with E-state index in [2.05, 4.69) is 0 Å². The number of carbonyl (C=O) groups excluding carboxylic acids is 2. The molecule has 0 spiro atoms. The molecule has 3 atom stereocenters. The van der Waals surface area contributed by atoms with Gasteiger partial charge in [-0.05, 0) is 42.3 Å². The van der Waals surface area contributed by atoms with Crippen molar-refractivity contribution in [3.63, 3.8) is 0 Å². The monoisotopic (exact) mass is 476 g/mol. The molecule has 2 fully saturated rings. The first-order valence-corrected chi connectivity index (χ1v) is 11.4. The lowest BCUT2D eigenvalue weighted by Crippen LogP contribution is -2.36. The largest absolute Gasteiger partial charge is 0.490 e. The smallest absolute Gasteiger partial charge is 0.266 e. The summed E-state index contributed by atoms with van der Waals surface area (Å²) in [5, 5.41) is 1.51. The SMILES string of the molecule is CCOc1cc([C@@H]2[C@@H]3C(=O)N(c4ccccc4F)C(=O)[C@@H]3ON2C)ccc1OCc1ccccc1. The van der Waals surface area contributed by atoms with E-state index in [1.54, 1.807) is 25.2 Å². The number of carbonyl (C=O) groups is 2. The van der Waals surface area contributed by atoms with Gasteiger partial charge >= 0.3 is 0 Å². The molecule has 2 heterocycles. The maximum atomic E-state index is 14.4. The number of hydrogen-bond donors (Lipinski definition) is 0. The molecule has 180 valence electrons. The summed E-state index contributed by atoms with van der Waals surface area (Å²) in [6.45, 7) is 2.68. The van der Waals surface area contributed by atoms with Crippen molar-refractivity contribution in [3.05, 3.63) is 89.7 Å². The molecule has 7 nitrogen and oxygen atoms in total. The van der Waals surface area contributed by atoms with Crippen molar-refractivity contribution >= 4 is 17.5 Å². The van der Waals surface area contributed by atoms with Crippen molar-refractivity contribution in [2.75, 3.05) is 18.6 Å². The third-order valence-electron chi connectivity index (χ3n) is 6.25. The van der Waals surface area contributed by atoms with Crippen LogP contribution in [0.5, 0.6) is 11.5 Å². The molecular formula is C27H25FN2O5. The first kappa shape index (κ1) is 23.0. The number of hydrogen-bond acceptors (Lipinski definition) is 6. The molecule has 0 aromatic heterocycles. The summed E-state index contributed by atoms with van der Waals surface area (Å²) in [7, 11) is 1.68. The predicted molar refractivity (Wildman–Crippen MR) is 126 cm³/mol. The van der Waals surface area contributed by atoms with Crippen LogP contribution in [0.2, 0.25) is 0 Å². The number of hydroxylamine groups is 2. The van der Waals surface area contributed by atoms with E-state index < -0.39 is 35.7 Å². The van der Waals surface area contributed by atoms with Crippen LogP contribution in [-0.2, 0) is 21.0 Å². The van der Waals surface area contributed by atoms with E-state index in [9.17, 15) is 14.0 Å². The highest BCUT2D eigenvalue weighted by Crippen LogP contribution is 2.46. The van der Waals surface area contributed by atoms with Gasteiger partial charge in [0.1, 0.15) is 12.4 Å². The van der Waals surface area contributed by atoms with Crippen LogP contribution in [0.15, 0.2) is 72.8 Å². The predicted octanol–water partition coefficient (Wildman–Crippen LogP) is 4.28. The van der Waals surface area contributed by atoms with Crippen molar-refractivity contribution in [1.82, 2.24) is 5.06 Å². The molecule has 0 N–H and O–H groups in total. The van der Waals surface area contributed by atoms with E-state index in [-0.39, 0.29) is 5.69 Å². The fourth-order valence-corrected chi connectivity index (χ4v) is 4.67.